The third kappa shape index (κ3) is 5.26. The van der Waals surface area contributed by atoms with Crippen LogP contribution < -0.4 is 0 Å². The lowest BCUT2D eigenvalue weighted by Gasteiger charge is -2.23. The number of hydrogen-bond acceptors (Lipinski definition) is 3. The van der Waals surface area contributed by atoms with Crippen LogP contribution in [0.1, 0.15) is 23.7 Å². The summed E-state index contributed by atoms with van der Waals surface area (Å²) in [5.41, 5.74) is 0.565. The van der Waals surface area contributed by atoms with Crippen LogP contribution in [0.2, 0.25) is 0 Å². The van der Waals surface area contributed by atoms with Crippen molar-refractivity contribution in [1.82, 2.24) is 0 Å². The zero-order valence-electron chi connectivity index (χ0n) is 10.4. The Morgan fingerprint density at radius 1 is 1.40 bits per heavy atom. The van der Waals surface area contributed by atoms with Gasteiger partial charge in [0.05, 0.1) is 24.3 Å². The number of nitrogens with zero attached hydrogens (tertiary/aromatic N) is 1. The molecule has 2 atom stereocenters. The van der Waals surface area contributed by atoms with Crippen LogP contribution in [0, 0.1) is 11.3 Å². The first-order chi connectivity index (χ1) is 9.38. The van der Waals surface area contributed by atoms with E-state index in [1.165, 1.54) is 24.3 Å². The van der Waals surface area contributed by atoms with E-state index >= 15 is 0 Å². The predicted octanol–water partition coefficient (Wildman–Crippen LogP) is 3.36. The van der Waals surface area contributed by atoms with Crippen molar-refractivity contribution in [2.75, 3.05) is 11.0 Å². The molecule has 0 aliphatic carbocycles. The molecule has 0 heterocycles. The summed E-state index contributed by atoms with van der Waals surface area (Å²) < 4.78 is 43.5. The van der Waals surface area contributed by atoms with Gasteiger partial charge in [-0.05, 0) is 17.7 Å². The van der Waals surface area contributed by atoms with E-state index in [4.69, 9.17) is 10.00 Å². The van der Waals surface area contributed by atoms with Gasteiger partial charge >= 0.3 is 6.18 Å². The van der Waals surface area contributed by atoms with Gasteiger partial charge < -0.3 is 9.84 Å². The van der Waals surface area contributed by atoms with Gasteiger partial charge in [-0.25, -0.2) is 0 Å². The maximum Gasteiger partial charge on any atom is 0.414 e. The van der Waals surface area contributed by atoms with E-state index in [0.717, 1.165) is 0 Å². The second kappa shape index (κ2) is 7.81. The third-order valence-electron chi connectivity index (χ3n) is 2.60. The Kier molecular flexibility index (Phi) is 6.71. The van der Waals surface area contributed by atoms with Gasteiger partial charge in [-0.15, -0.1) is 0 Å². The van der Waals surface area contributed by atoms with Crippen LogP contribution in [0.4, 0.5) is 13.2 Å². The molecular formula is C13H13F3INO2. The van der Waals surface area contributed by atoms with E-state index in [9.17, 15) is 18.3 Å². The lowest BCUT2D eigenvalue weighted by Crippen LogP contribution is -2.34. The van der Waals surface area contributed by atoms with Gasteiger partial charge in [0.2, 0.25) is 0 Å². The molecule has 1 rings (SSSR count). The topological polar surface area (TPSA) is 53.2 Å². The minimum Gasteiger partial charge on any atom is -0.388 e. The Morgan fingerprint density at radius 3 is 2.65 bits per heavy atom. The number of hydrogen-bond donors (Lipinski definition) is 1. The average molecular weight is 399 g/mol. The van der Waals surface area contributed by atoms with E-state index in [0.29, 0.717) is 9.99 Å². The largest absolute Gasteiger partial charge is 0.414 e. The number of aliphatic hydroxyl groups excluding tert-OH is 1. The standard InChI is InChI=1S/C13H13F3INO2/c14-13(15,16)12(20-5-4-17)7-11(19)10-3-1-2-9(6-10)8-18/h1-3,6,11-12,19H,4-5,7H2. The smallest absolute Gasteiger partial charge is 0.388 e. The van der Waals surface area contributed by atoms with Gasteiger partial charge in [-0.2, -0.15) is 18.4 Å². The van der Waals surface area contributed by atoms with Crippen molar-refractivity contribution in [2.24, 2.45) is 0 Å². The summed E-state index contributed by atoms with van der Waals surface area (Å²) >= 11 is 1.91. The molecule has 3 nitrogen and oxygen atoms in total. The molecule has 0 aliphatic rings. The van der Waals surface area contributed by atoms with Crippen molar-refractivity contribution >= 4 is 22.6 Å². The molecule has 1 aromatic rings. The molecule has 2 unspecified atom stereocenters. The maximum absolute atomic E-state index is 12.8. The van der Waals surface area contributed by atoms with Crippen LogP contribution in [0.15, 0.2) is 24.3 Å². The van der Waals surface area contributed by atoms with Crippen LogP contribution >= 0.6 is 22.6 Å². The van der Waals surface area contributed by atoms with Crippen molar-refractivity contribution in [2.45, 2.75) is 24.8 Å². The molecule has 0 aliphatic heterocycles. The molecule has 0 radical (unpaired) electrons. The van der Waals surface area contributed by atoms with Crippen LogP contribution in [-0.2, 0) is 4.74 Å². The monoisotopic (exact) mass is 399 g/mol. The number of rotatable bonds is 6. The summed E-state index contributed by atoms with van der Waals surface area (Å²) in [6.07, 6.45) is -8.46. The molecule has 0 fully saturated rings. The second-order valence-corrected chi connectivity index (χ2v) is 5.16. The van der Waals surface area contributed by atoms with Crippen LogP contribution in [0.5, 0.6) is 0 Å². The highest BCUT2D eigenvalue weighted by atomic mass is 127. The summed E-state index contributed by atoms with van der Waals surface area (Å²) in [6, 6.07) is 7.77. The number of benzene rings is 1. The fourth-order valence-corrected chi connectivity index (χ4v) is 1.89. The molecule has 110 valence electrons. The quantitative estimate of drug-likeness (QED) is 0.590. The maximum atomic E-state index is 12.8. The zero-order chi connectivity index (χ0) is 15.2. The van der Waals surface area contributed by atoms with Gasteiger partial charge in [0.15, 0.2) is 6.10 Å². The van der Waals surface area contributed by atoms with E-state index in [1.54, 1.807) is 0 Å². The molecule has 0 saturated heterocycles. The summed E-state index contributed by atoms with van der Waals surface area (Å²) in [5, 5.41) is 18.6. The van der Waals surface area contributed by atoms with Gasteiger partial charge in [-0.1, -0.05) is 34.7 Å². The van der Waals surface area contributed by atoms with Crippen LogP contribution in [-0.4, -0.2) is 28.4 Å². The Hall–Kier alpha value is -0.850. The second-order valence-electron chi connectivity index (χ2n) is 4.08. The zero-order valence-corrected chi connectivity index (χ0v) is 12.6. The molecule has 0 saturated carbocycles. The fraction of sp³-hybridized carbons (Fsp3) is 0.462. The summed E-state index contributed by atoms with van der Waals surface area (Å²) in [7, 11) is 0. The molecule has 0 amide bonds. The van der Waals surface area contributed by atoms with Crippen molar-refractivity contribution in [3.63, 3.8) is 0 Å². The summed E-state index contributed by atoms with van der Waals surface area (Å²) in [4.78, 5) is 0. The van der Waals surface area contributed by atoms with Crippen LogP contribution in [0.25, 0.3) is 0 Å². The lowest BCUT2D eigenvalue weighted by atomic mass is 10.0. The van der Waals surface area contributed by atoms with Gasteiger partial charge in [-0.3, -0.25) is 0 Å². The van der Waals surface area contributed by atoms with Crippen molar-refractivity contribution in [1.29, 1.82) is 5.26 Å². The van der Waals surface area contributed by atoms with Crippen molar-refractivity contribution < 1.29 is 23.0 Å². The Morgan fingerprint density at radius 2 is 2.10 bits per heavy atom. The molecule has 1 N–H and O–H groups in total. The van der Waals surface area contributed by atoms with E-state index < -0.39 is 24.8 Å². The highest BCUT2D eigenvalue weighted by Gasteiger charge is 2.41. The highest BCUT2D eigenvalue weighted by molar-refractivity contribution is 14.1. The fourth-order valence-electron chi connectivity index (χ4n) is 1.64. The van der Waals surface area contributed by atoms with Gasteiger partial charge in [0.1, 0.15) is 0 Å². The molecule has 7 heteroatoms. The van der Waals surface area contributed by atoms with Gasteiger partial charge in [0, 0.05) is 10.8 Å². The van der Waals surface area contributed by atoms with E-state index in [2.05, 4.69) is 0 Å². The van der Waals surface area contributed by atoms with E-state index in [-0.39, 0.29) is 12.2 Å². The van der Waals surface area contributed by atoms with E-state index in [1.807, 2.05) is 28.7 Å². The SMILES string of the molecule is N#Cc1cccc(C(O)CC(OCCI)C(F)(F)F)c1. The number of nitriles is 1. The Balaban J connectivity index is 2.79. The lowest BCUT2D eigenvalue weighted by molar-refractivity contribution is -0.226. The predicted molar refractivity (Wildman–Crippen MR) is 75.4 cm³/mol. The highest BCUT2D eigenvalue weighted by Crippen LogP contribution is 2.30. The molecule has 0 spiro atoms. The first kappa shape index (κ1) is 17.2. The Bertz CT molecular complexity index is 473. The molecule has 1 aromatic carbocycles. The molecule has 0 bridgehead atoms. The third-order valence-corrected chi connectivity index (χ3v) is 3.04. The normalized spacial score (nSPS) is 14.6. The summed E-state index contributed by atoms with van der Waals surface area (Å²) in [5.74, 6) is 0. The summed E-state index contributed by atoms with van der Waals surface area (Å²) in [6.45, 7) is -0.0321. The molecule has 20 heavy (non-hydrogen) atoms. The minimum atomic E-state index is -4.53. The Labute approximate surface area is 128 Å². The molecule has 0 aromatic heterocycles. The number of aliphatic hydroxyl groups is 1. The first-order valence-electron chi connectivity index (χ1n) is 5.81. The van der Waals surface area contributed by atoms with Gasteiger partial charge in [0.25, 0.3) is 0 Å². The molecular weight excluding hydrogens is 386 g/mol. The number of ether oxygens (including phenoxy) is 1. The first-order valence-corrected chi connectivity index (χ1v) is 7.33. The van der Waals surface area contributed by atoms with Crippen LogP contribution in [0.3, 0.4) is 0 Å². The van der Waals surface area contributed by atoms with Crippen molar-refractivity contribution in [3.05, 3.63) is 35.4 Å². The number of halogens is 4. The average Bonchev–Trinajstić information content (AvgIpc) is 2.42. The minimum absolute atomic E-state index is 0.0321. The number of alkyl halides is 4. The van der Waals surface area contributed by atoms with Crippen molar-refractivity contribution in [3.8, 4) is 6.07 Å².